The van der Waals surface area contributed by atoms with E-state index in [9.17, 15) is 9.59 Å². The van der Waals surface area contributed by atoms with E-state index in [-0.39, 0.29) is 23.9 Å². The lowest BCUT2D eigenvalue weighted by Crippen LogP contribution is -2.56. The number of hydrogen-bond donors (Lipinski definition) is 1. The molecule has 1 aromatic heterocycles. The zero-order valence-corrected chi connectivity index (χ0v) is 14.8. The molecule has 2 aliphatic rings. The predicted molar refractivity (Wildman–Crippen MR) is 88.2 cm³/mol. The number of carbonyl (C=O) groups is 2. The van der Waals surface area contributed by atoms with E-state index in [0.29, 0.717) is 6.54 Å². The van der Waals surface area contributed by atoms with Crippen LogP contribution in [0, 0.1) is 12.8 Å². The van der Waals surface area contributed by atoms with Crippen LogP contribution in [0.15, 0.2) is 10.6 Å². The number of aromatic nitrogens is 1. The molecular weight excluding hydrogens is 308 g/mol. The number of urea groups is 1. The van der Waals surface area contributed by atoms with Crippen LogP contribution < -0.4 is 5.32 Å². The van der Waals surface area contributed by atoms with Gasteiger partial charge in [-0.2, -0.15) is 0 Å². The highest BCUT2D eigenvalue weighted by Crippen LogP contribution is 2.33. The third-order valence-corrected chi connectivity index (χ3v) is 5.15. The van der Waals surface area contributed by atoms with Crippen molar-refractivity contribution >= 4 is 11.9 Å². The molecule has 0 aromatic carbocycles. The summed E-state index contributed by atoms with van der Waals surface area (Å²) in [4.78, 5) is 28.7. The molecule has 1 aromatic rings. The third-order valence-electron chi connectivity index (χ3n) is 5.15. The van der Waals surface area contributed by atoms with Crippen LogP contribution in [0.25, 0.3) is 0 Å². The van der Waals surface area contributed by atoms with Crippen molar-refractivity contribution in [3.63, 3.8) is 0 Å². The first-order chi connectivity index (χ1) is 11.3. The van der Waals surface area contributed by atoms with E-state index in [0.717, 1.165) is 37.4 Å². The van der Waals surface area contributed by atoms with Crippen LogP contribution in [-0.2, 0) is 11.3 Å². The molecule has 7 heteroatoms. The molecule has 0 unspecified atom stereocenters. The molecule has 2 atom stereocenters. The summed E-state index contributed by atoms with van der Waals surface area (Å²) in [6.07, 6.45) is 1.94. The maximum absolute atomic E-state index is 12.8. The summed E-state index contributed by atoms with van der Waals surface area (Å²) in [5.41, 5.74) is 0.0867. The molecule has 0 radical (unpaired) electrons. The summed E-state index contributed by atoms with van der Waals surface area (Å²) in [6, 6.07) is 1.53. The lowest BCUT2D eigenvalue weighted by Gasteiger charge is -2.39. The van der Waals surface area contributed by atoms with Gasteiger partial charge in [0.2, 0.25) is 0 Å². The standard InChI is InChI=1S/C17H26N4O3/c1-11(2)21-15(22)17(4,18-16(21)23)13-6-5-7-20(9-13)10-14-8-12(3)24-19-14/h8,11,13H,5-7,9-10H2,1-4H3,(H,18,23)/t13-,17-/m1/s1. The van der Waals surface area contributed by atoms with Crippen molar-refractivity contribution < 1.29 is 14.1 Å². The molecule has 3 heterocycles. The van der Waals surface area contributed by atoms with Crippen molar-refractivity contribution in [2.75, 3.05) is 13.1 Å². The SMILES string of the molecule is Cc1cc(CN2CCC[C@@H]([C@@]3(C)NC(=O)N(C(C)C)C3=O)C2)no1. The van der Waals surface area contributed by atoms with Gasteiger partial charge < -0.3 is 9.84 Å². The second-order valence-electron chi connectivity index (χ2n) is 7.40. The van der Waals surface area contributed by atoms with Crippen molar-refractivity contribution in [1.82, 2.24) is 20.3 Å². The van der Waals surface area contributed by atoms with E-state index in [2.05, 4.69) is 15.4 Å². The number of rotatable bonds is 4. The number of nitrogens with one attached hydrogen (secondary N) is 1. The molecule has 7 nitrogen and oxygen atoms in total. The van der Waals surface area contributed by atoms with Crippen LogP contribution in [0.5, 0.6) is 0 Å². The number of aryl methyl sites for hydroxylation is 1. The van der Waals surface area contributed by atoms with Crippen LogP contribution in [0.4, 0.5) is 4.79 Å². The van der Waals surface area contributed by atoms with Gasteiger partial charge in [0.15, 0.2) is 0 Å². The lowest BCUT2D eigenvalue weighted by molar-refractivity contribution is -0.134. The molecule has 2 aliphatic heterocycles. The largest absolute Gasteiger partial charge is 0.361 e. The van der Waals surface area contributed by atoms with E-state index in [1.54, 1.807) is 0 Å². The fraction of sp³-hybridized carbons (Fsp3) is 0.706. The smallest absolute Gasteiger partial charge is 0.325 e. The quantitative estimate of drug-likeness (QED) is 0.851. The molecule has 3 rings (SSSR count). The second-order valence-corrected chi connectivity index (χ2v) is 7.40. The summed E-state index contributed by atoms with van der Waals surface area (Å²) < 4.78 is 5.13. The number of likely N-dealkylation sites (tertiary alicyclic amines) is 1. The van der Waals surface area contributed by atoms with E-state index in [4.69, 9.17) is 4.52 Å². The van der Waals surface area contributed by atoms with E-state index in [1.165, 1.54) is 4.90 Å². The van der Waals surface area contributed by atoms with Gasteiger partial charge in [-0.1, -0.05) is 5.16 Å². The Labute approximate surface area is 142 Å². The fourth-order valence-corrected chi connectivity index (χ4v) is 3.82. The summed E-state index contributed by atoms with van der Waals surface area (Å²) in [5, 5.41) is 7.00. The Bertz CT molecular complexity index is 642. The molecule has 0 aliphatic carbocycles. The number of piperidine rings is 1. The van der Waals surface area contributed by atoms with Crippen molar-refractivity contribution in [2.45, 2.75) is 58.7 Å². The van der Waals surface area contributed by atoms with Crippen molar-refractivity contribution in [2.24, 2.45) is 5.92 Å². The average molecular weight is 334 g/mol. The molecule has 2 fully saturated rings. The minimum Gasteiger partial charge on any atom is -0.361 e. The maximum Gasteiger partial charge on any atom is 0.325 e. The molecular formula is C17H26N4O3. The van der Waals surface area contributed by atoms with Gasteiger partial charge in [0.1, 0.15) is 11.3 Å². The predicted octanol–water partition coefficient (Wildman–Crippen LogP) is 1.91. The normalized spacial score (nSPS) is 28.7. The molecule has 0 bridgehead atoms. The van der Waals surface area contributed by atoms with Crippen molar-refractivity contribution in [3.05, 3.63) is 17.5 Å². The highest BCUT2D eigenvalue weighted by Gasteiger charge is 2.53. The molecule has 24 heavy (non-hydrogen) atoms. The Morgan fingerprint density at radius 1 is 1.46 bits per heavy atom. The van der Waals surface area contributed by atoms with Crippen LogP contribution in [0.1, 0.15) is 45.1 Å². The van der Waals surface area contributed by atoms with Gasteiger partial charge in [0, 0.05) is 31.1 Å². The highest BCUT2D eigenvalue weighted by atomic mass is 16.5. The van der Waals surface area contributed by atoms with Gasteiger partial charge in [0.05, 0.1) is 5.69 Å². The molecule has 2 saturated heterocycles. The Morgan fingerprint density at radius 2 is 2.21 bits per heavy atom. The van der Waals surface area contributed by atoms with E-state index in [1.807, 2.05) is 33.8 Å². The van der Waals surface area contributed by atoms with Gasteiger partial charge in [-0.15, -0.1) is 0 Å². The number of imide groups is 1. The van der Waals surface area contributed by atoms with E-state index >= 15 is 0 Å². The maximum atomic E-state index is 12.8. The first-order valence-corrected chi connectivity index (χ1v) is 8.61. The molecule has 132 valence electrons. The fourth-order valence-electron chi connectivity index (χ4n) is 3.82. The zero-order chi connectivity index (χ0) is 17.5. The van der Waals surface area contributed by atoms with Gasteiger partial charge >= 0.3 is 6.03 Å². The van der Waals surface area contributed by atoms with Crippen LogP contribution >= 0.6 is 0 Å². The van der Waals surface area contributed by atoms with Gasteiger partial charge in [-0.3, -0.25) is 14.6 Å². The molecule has 1 N–H and O–H groups in total. The highest BCUT2D eigenvalue weighted by molar-refractivity contribution is 6.07. The lowest BCUT2D eigenvalue weighted by atomic mass is 9.79. The number of amides is 3. The Hall–Kier alpha value is -1.89. The van der Waals surface area contributed by atoms with Crippen LogP contribution in [0.3, 0.4) is 0 Å². The summed E-state index contributed by atoms with van der Waals surface area (Å²) in [5.74, 6) is 0.794. The molecule has 3 amide bonds. The van der Waals surface area contributed by atoms with Crippen LogP contribution in [-0.4, -0.2) is 51.6 Å². The van der Waals surface area contributed by atoms with E-state index < -0.39 is 5.54 Å². The molecule has 0 spiro atoms. The summed E-state index contributed by atoms with van der Waals surface area (Å²) in [7, 11) is 0. The minimum absolute atomic E-state index is 0.0967. The van der Waals surface area contributed by atoms with Gasteiger partial charge in [-0.25, -0.2) is 4.79 Å². The van der Waals surface area contributed by atoms with Crippen molar-refractivity contribution in [1.29, 1.82) is 0 Å². The number of nitrogens with zero attached hydrogens (tertiary/aromatic N) is 3. The van der Waals surface area contributed by atoms with Crippen LogP contribution in [0.2, 0.25) is 0 Å². The third kappa shape index (κ3) is 2.92. The minimum atomic E-state index is -0.820. The van der Waals surface area contributed by atoms with Gasteiger partial charge in [0.25, 0.3) is 5.91 Å². The number of carbonyl (C=O) groups excluding carboxylic acids is 2. The van der Waals surface area contributed by atoms with Gasteiger partial charge in [-0.05, 0) is 47.1 Å². The summed E-state index contributed by atoms with van der Waals surface area (Å²) in [6.45, 7) is 9.91. The Balaban J connectivity index is 1.72. The average Bonchev–Trinajstić information content (AvgIpc) is 3.01. The molecule has 0 saturated carbocycles. The summed E-state index contributed by atoms with van der Waals surface area (Å²) >= 11 is 0. The number of hydrogen-bond acceptors (Lipinski definition) is 5. The topological polar surface area (TPSA) is 78.7 Å². The van der Waals surface area contributed by atoms with Crippen molar-refractivity contribution in [3.8, 4) is 0 Å². The zero-order valence-electron chi connectivity index (χ0n) is 14.8. The monoisotopic (exact) mass is 334 g/mol. The first kappa shape index (κ1) is 17.0. The Morgan fingerprint density at radius 3 is 2.79 bits per heavy atom. The Kier molecular flexibility index (Phi) is 4.38. The second kappa shape index (κ2) is 6.20. The first-order valence-electron chi connectivity index (χ1n) is 8.61.